The van der Waals surface area contributed by atoms with Crippen molar-refractivity contribution in [3.63, 3.8) is 0 Å². The monoisotopic (exact) mass is 326 g/mol. The molecule has 3 aromatic rings. The van der Waals surface area contributed by atoms with Crippen LogP contribution in [0, 0.1) is 0 Å². The van der Waals surface area contributed by atoms with Crippen molar-refractivity contribution < 1.29 is 4.63 Å². The maximum absolute atomic E-state index is 12.1. The average Bonchev–Trinajstić information content (AvgIpc) is 3.12. The van der Waals surface area contributed by atoms with Crippen molar-refractivity contribution in [2.75, 3.05) is 31.1 Å². The third kappa shape index (κ3) is 2.76. The number of fused-ring (bicyclic) bond motifs is 1. The quantitative estimate of drug-likeness (QED) is 0.698. The smallest absolute Gasteiger partial charge is 0.260 e. The molecule has 1 fully saturated rings. The van der Waals surface area contributed by atoms with Crippen molar-refractivity contribution in [1.82, 2.24) is 24.8 Å². The summed E-state index contributed by atoms with van der Waals surface area (Å²) >= 11 is 0. The Hall–Kier alpha value is -2.74. The zero-order chi connectivity index (χ0) is 16.5. The van der Waals surface area contributed by atoms with Crippen LogP contribution in [0.15, 0.2) is 40.1 Å². The molecule has 124 valence electrons. The minimum Gasteiger partial charge on any atom is -0.369 e. The number of piperazine rings is 1. The van der Waals surface area contributed by atoms with Crippen LogP contribution in [0.1, 0.15) is 5.69 Å². The van der Waals surface area contributed by atoms with Crippen LogP contribution in [0.3, 0.4) is 0 Å². The summed E-state index contributed by atoms with van der Waals surface area (Å²) in [5.41, 5.74) is 2.68. The predicted octanol–water partition coefficient (Wildman–Crippen LogP) is 0.639. The summed E-state index contributed by atoms with van der Waals surface area (Å²) in [6, 6.07) is 5.87. The predicted molar refractivity (Wildman–Crippen MR) is 88.8 cm³/mol. The molecule has 0 aliphatic carbocycles. The summed E-state index contributed by atoms with van der Waals surface area (Å²) in [6.45, 7) is 4.47. The Kier molecular flexibility index (Phi) is 3.73. The fourth-order valence-electron chi connectivity index (χ4n) is 3.04. The summed E-state index contributed by atoms with van der Waals surface area (Å²) < 4.78 is 6.13. The van der Waals surface area contributed by atoms with Crippen LogP contribution in [0.2, 0.25) is 0 Å². The van der Waals surface area contributed by atoms with E-state index in [9.17, 15) is 4.79 Å². The van der Waals surface area contributed by atoms with E-state index in [0.717, 1.165) is 49.6 Å². The molecule has 1 aliphatic rings. The van der Waals surface area contributed by atoms with E-state index in [1.165, 1.54) is 4.57 Å². The van der Waals surface area contributed by atoms with Crippen molar-refractivity contribution >= 4 is 16.6 Å². The van der Waals surface area contributed by atoms with E-state index in [1.54, 1.807) is 19.6 Å². The van der Waals surface area contributed by atoms with Gasteiger partial charge in [-0.1, -0.05) is 10.3 Å². The molecule has 0 saturated carbocycles. The van der Waals surface area contributed by atoms with Gasteiger partial charge in [-0.25, -0.2) is 9.61 Å². The van der Waals surface area contributed by atoms with Gasteiger partial charge < -0.3 is 9.47 Å². The third-order valence-electron chi connectivity index (χ3n) is 4.43. The minimum atomic E-state index is -0.0161. The van der Waals surface area contributed by atoms with Gasteiger partial charge in [-0.2, -0.15) is 0 Å². The molecule has 0 radical (unpaired) electrons. The number of aryl methyl sites for hydroxylation is 1. The summed E-state index contributed by atoms with van der Waals surface area (Å²) in [7, 11) is 1.71. The van der Waals surface area contributed by atoms with Gasteiger partial charge in [-0.15, -0.1) is 0 Å². The van der Waals surface area contributed by atoms with Crippen molar-refractivity contribution in [1.29, 1.82) is 0 Å². The molecule has 1 aliphatic heterocycles. The lowest BCUT2D eigenvalue weighted by molar-refractivity contribution is 0.237. The molecule has 2 aromatic heterocycles. The zero-order valence-electron chi connectivity index (χ0n) is 13.4. The lowest BCUT2D eigenvalue weighted by Crippen LogP contribution is -2.46. The highest BCUT2D eigenvalue weighted by atomic mass is 16.6. The lowest BCUT2D eigenvalue weighted by Gasteiger charge is -2.35. The maximum Gasteiger partial charge on any atom is 0.260 e. The van der Waals surface area contributed by atoms with Gasteiger partial charge in [0, 0.05) is 45.5 Å². The van der Waals surface area contributed by atoms with Crippen LogP contribution in [0.5, 0.6) is 0 Å². The molecule has 8 heteroatoms. The fourth-order valence-corrected chi connectivity index (χ4v) is 3.04. The van der Waals surface area contributed by atoms with E-state index in [-0.39, 0.29) is 5.56 Å². The Morgan fingerprint density at radius 1 is 1.21 bits per heavy atom. The SMILES string of the molecule is Cn1cnc2cc(N3CCN(Cc4cnon4)CC3)ccc2c1=O. The van der Waals surface area contributed by atoms with Gasteiger partial charge in [0.25, 0.3) is 5.56 Å². The van der Waals surface area contributed by atoms with Gasteiger partial charge in [0.15, 0.2) is 0 Å². The largest absolute Gasteiger partial charge is 0.369 e. The molecular formula is C16H18N6O2. The van der Waals surface area contributed by atoms with Crippen molar-refractivity contribution in [2.45, 2.75) is 6.54 Å². The van der Waals surface area contributed by atoms with Crippen molar-refractivity contribution in [2.24, 2.45) is 7.05 Å². The molecule has 0 N–H and O–H groups in total. The summed E-state index contributed by atoms with van der Waals surface area (Å²) in [6.07, 6.45) is 3.22. The van der Waals surface area contributed by atoms with E-state index in [0.29, 0.717) is 5.39 Å². The Labute approximate surface area is 138 Å². The number of anilines is 1. The summed E-state index contributed by atoms with van der Waals surface area (Å²) in [5.74, 6) is 0. The Morgan fingerprint density at radius 3 is 2.79 bits per heavy atom. The number of nitrogens with zero attached hydrogens (tertiary/aromatic N) is 6. The highest BCUT2D eigenvalue weighted by molar-refractivity contribution is 5.81. The topological polar surface area (TPSA) is 80.3 Å². The van der Waals surface area contributed by atoms with Gasteiger partial charge in [0.2, 0.25) is 0 Å². The van der Waals surface area contributed by atoms with Crippen molar-refractivity contribution in [3.8, 4) is 0 Å². The molecule has 0 atom stereocenters. The molecule has 3 heterocycles. The lowest BCUT2D eigenvalue weighted by atomic mass is 10.2. The molecule has 8 nitrogen and oxygen atoms in total. The number of aromatic nitrogens is 4. The Bertz CT molecular complexity index is 897. The molecule has 0 bridgehead atoms. The van der Waals surface area contributed by atoms with E-state index >= 15 is 0 Å². The molecule has 0 unspecified atom stereocenters. The standard InChI is InChI=1S/C16H18N6O2/c1-20-11-17-15-8-13(2-3-14(15)16(20)23)22-6-4-21(5-7-22)10-12-9-18-24-19-12/h2-3,8-9,11H,4-7,10H2,1H3. The third-order valence-corrected chi connectivity index (χ3v) is 4.43. The molecule has 1 saturated heterocycles. The van der Waals surface area contributed by atoms with Gasteiger partial charge in [0.05, 0.1) is 23.4 Å². The molecule has 0 spiro atoms. The molecule has 24 heavy (non-hydrogen) atoms. The summed E-state index contributed by atoms with van der Waals surface area (Å²) in [5, 5.41) is 8.14. The van der Waals surface area contributed by atoms with Crippen LogP contribution in [-0.4, -0.2) is 50.9 Å². The Balaban J connectivity index is 1.48. The van der Waals surface area contributed by atoms with Crippen LogP contribution in [0.4, 0.5) is 5.69 Å². The van der Waals surface area contributed by atoms with E-state index in [2.05, 4.69) is 29.7 Å². The average molecular weight is 326 g/mol. The van der Waals surface area contributed by atoms with Gasteiger partial charge in [0.1, 0.15) is 5.69 Å². The maximum atomic E-state index is 12.1. The highest BCUT2D eigenvalue weighted by Crippen LogP contribution is 2.20. The van der Waals surface area contributed by atoms with Crippen LogP contribution >= 0.6 is 0 Å². The van der Waals surface area contributed by atoms with Gasteiger partial charge in [-0.05, 0) is 18.2 Å². The first-order valence-electron chi connectivity index (χ1n) is 7.90. The highest BCUT2D eigenvalue weighted by Gasteiger charge is 2.19. The first-order valence-corrected chi connectivity index (χ1v) is 7.90. The number of hydrogen-bond donors (Lipinski definition) is 0. The van der Waals surface area contributed by atoms with E-state index in [1.807, 2.05) is 18.2 Å². The molecule has 4 rings (SSSR count). The van der Waals surface area contributed by atoms with E-state index in [4.69, 9.17) is 0 Å². The number of rotatable bonds is 3. The summed E-state index contributed by atoms with van der Waals surface area (Å²) in [4.78, 5) is 21.1. The normalized spacial score (nSPS) is 16.0. The number of hydrogen-bond acceptors (Lipinski definition) is 7. The van der Waals surface area contributed by atoms with Crippen LogP contribution in [0.25, 0.3) is 10.9 Å². The second kappa shape index (κ2) is 6.04. The number of benzene rings is 1. The van der Waals surface area contributed by atoms with Crippen LogP contribution < -0.4 is 10.5 Å². The van der Waals surface area contributed by atoms with Gasteiger partial charge in [-0.3, -0.25) is 9.69 Å². The molecule has 0 amide bonds. The second-order valence-corrected chi connectivity index (χ2v) is 6.02. The zero-order valence-corrected chi connectivity index (χ0v) is 13.4. The van der Waals surface area contributed by atoms with E-state index < -0.39 is 0 Å². The first kappa shape index (κ1) is 14.8. The van der Waals surface area contributed by atoms with Gasteiger partial charge >= 0.3 is 0 Å². The molecule has 1 aromatic carbocycles. The molecular weight excluding hydrogens is 308 g/mol. The minimum absolute atomic E-state index is 0.0161. The van der Waals surface area contributed by atoms with Crippen LogP contribution in [-0.2, 0) is 13.6 Å². The second-order valence-electron chi connectivity index (χ2n) is 6.02. The Morgan fingerprint density at radius 2 is 2.04 bits per heavy atom. The first-order chi connectivity index (χ1) is 11.7. The fraction of sp³-hybridized carbons (Fsp3) is 0.375. The van der Waals surface area contributed by atoms with Crippen molar-refractivity contribution in [3.05, 3.63) is 46.8 Å².